The molecule has 0 aliphatic heterocycles. The number of hydrogen-bond donors (Lipinski definition) is 3. The second kappa shape index (κ2) is 5.01. The maximum atomic E-state index is 11.0. The molecule has 2 rings (SSSR count). The van der Waals surface area contributed by atoms with E-state index in [9.17, 15) is 4.79 Å². The molecular weight excluding hydrogens is 232 g/mol. The van der Waals surface area contributed by atoms with Gasteiger partial charge in [0.05, 0.1) is 11.2 Å². The number of aromatic carboxylic acids is 1. The van der Waals surface area contributed by atoms with E-state index < -0.39 is 5.97 Å². The van der Waals surface area contributed by atoms with Crippen molar-refractivity contribution in [1.82, 2.24) is 4.98 Å². The molecule has 0 unspecified atom stereocenters. The summed E-state index contributed by atoms with van der Waals surface area (Å²) in [6.45, 7) is 0.0640. The van der Waals surface area contributed by atoms with E-state index in [1.807, 2.05) is 12.1 Å². The van der Waals surface area contributed by atoms with Crippen LogP contribution in [0.3, 0.4) is 0 Å². The smallest absolute Gasteiger partial charge is 0.354 e. The average molecular weight is 246 g/mol. The predicted molar refractivity (Wildman–Crippen MR) is 68.5 cm³/mol. The molecule has 4 N–H and O–H groups in total. The van der Waals surface area contributed by atoms with Crippen molar-refractivity contribution in [2.24, 2.45) is 0 Å². The Morgan fingerprint density at radius 1 is 1.39 bits per heavy atom. The van der Waals surface area contributed by atoms with Gasteiger partial charge in [-0.2, -0.15) is 0 Å². The Hall–Kier alpha value is -2.14. The van der Waals surface area contributed by atoms with E-state index in [0.29, 0.717) is 24.0 Å². The number of nitrogens with zero attached hydrogens (tertiary/aromatic N) is 1. The molecule has 5 nitrogen and oxygen atoms in total. The fraction of sp³-hybridized carbons (Fsp3) is 0.231. The largest absolute Gasteiger partial charge is 0.477 e. The highest BCUT2D eigenvalue weighted by molar-refractivity contribution is 5.96. The average Bonchev–Trinajstić information content (AvgIpc) is 2.36. The molecular formula is C13H14N2O3. The van der Waals surface area contributed by atoms with E-state index in [1.54, 1.807) is 12.1 Å². The van der Waals surface area contributed by atoms with E-state index >= 15 is 0 Å². The van der Waals surface area contributed by atoms with Gasteiger partial charge in [0.2, 0.25) is 0 Å². The molecule has 1 aromatic carbocycles. The zero-order valence-corrected chi connectivity index (χ0v) is 9.76. The lowest BCUT2D eigenvalue weighted by Crippen LogP contribution is -2.04. The standard InChI is InChI=1S/C13H14N2O3/c14-10-5-1-4-9-8(3-2-6-16)7-11(13(17)18)15-12(9)10/h1,4-5,7,16H,2-3,6,14H2,(H,17,18). The molecule has 0 amide bonds. The van der Waals surface area contributed by atoms with Crippen LogP contribution in [-0.2, 0) is 6.42 Å². The molecule has 1 aromatic heterocycles. The summed E-state index contributed by atoms with van der Waals surface area (Å²) in [7, 11) is 0. The molecule has 0 radical (unpaired) electrons. The van der Waals surface area contributed by atoms with Crippen molar-refractivity contribution in [3.05, 3.63) is 35.5 Å². The zero-order valence-electron chi connectivity index (χ0n) is 9.76. The van der Waals surface area contributed by atoms with Crippen LogP contribution in [0.1, 0.15) is 22.5 Å². The number of carbonyl (C=O) groups is 1. The van der Waals surface area contributed by atoms with Crippen molar-refractivity contribution in [2.45, 2.75) is 12.8 Å². The monoisotopic (exact) mass is 246 g/mol. The molecule has 1 heterocycles. The summed E-state index contributed by atoms with van der Waals surface area (Å²) in [6, 6.07) is 6.90. The van der Waals surface area contributed by atoms with Crippen LogP contribution in [0.5, 0.6) is 0 Å². The number of aliphatic hydroxyl groups is 1. The molecule has 5 heteroatoms. The van der Waals surface area contributed by atoms with Crippen LogP contribution in [0.4, 0.5) is 5.69 Å². The maximum Gasteiger partial charge on any atom is 0.354 e. The molecule has 0 fully saturated rings. The summed E-state index contributed by atoms with van der Waals surface area (Å²) in [4.78, 5) is 15.1. The summed E-state index contributed by atoms with van der Waals surface area (Å²) >= 11 is 0. The van der Waals surface area contributed by atoms with Gasteiger partial charge in [-0.3, -0.25) is 0 Å². The Labute approximate surface area is 104 Å². The Bertz CT molecular complexity index is 596. The number of anilines is 1. The van der Waals surface area contributed by atoms with Gasteiger partial charge < -0.3 is 15.9 Å². The number of para-hydroxylation sites is 1. The van der Waals surface area contributed by atoms with Crippen LogP contribution in [-0.4, -0.2) is 27.8 Å². The third kappa shape index (κ3) is 2.26. The van der Waals surface area contributed by atoms with Crippen LogP contribution in [0.25, 0.3) is 10.9 Å². The Morgan fingerprint density at radius 3 is 2.83 bits per heavy atom. The second-order valence-corrected chi connectivity index (χ2v) is 4.04. The van der Waals surface area contributed by atoms with Crippen LogP contribution in [0.15, 0.2) is 24.3 Å². The SMILES string of the molecule is Nc1cccc2c(CCCO)cc(C(=O)O)nc12. The number of rotatable bonds is 4. The third-order valence-electron chi connectivity index (χ3n) is 2.78. The van der Waals surface area contributed by atoms with E-state index in [0.717, 1.165) is 10.9 Å². The van der Waals surface area contributed by atoms with Crippen molar-refractivity contribution in [2.75, 3.05) is 12.3 Å². The van der Waals surface area contributed by atoms with Crippen molar-refractivity contribution < 1.29 is 15.0 Å². The van der Waals surface area contributed by atoms with E-state index in [1.165, 1.54) is 0 Å². The molecule has 0 aliphatic rings. The molecule has 0 saturated heterocycles. The highest BCUT2D eigenvalue weighted by Crippen LogP contribution is 2.24. The molecule has 94 valence electrons. The third-order valence-corrected chi connectivity index (χ3v) is 2.78. The quantitative estimate of drug-likeness (QED) is 0.709. The van der Waals surface area contributed by atoms with Crippen molar-refractivity contribution in [3.8, 4) is 0 Å². The number of carboxylic acids is 1. The number of pyridine rings is 1. The number of fused-ring (bicyclic) bond motifs is 1. The summed E-state index contributed by atoms with van der Waals surface area (Å²) in [5.74, 6) is -1.08. The van der Waals surface area contributed by atoms with Gasteiger partial charge in [0, 0.05) is 12.0 Å². The molecule has 0 aliphatic carbocycles. The Morgan fingerprint density at radius 2 is 2.17 bits per heavy atom. The minimum absolute atomic E-state index is 0.0201. The van der Waals surface area contributed by atoms with E-state index in [2.05, 4.69) is 4.98 Å². The zero-order chi connectivity index (χ0) is 13.1. The minimum atomic E-state index is -1.08. The number of hydrogen-bond acceptors (Lipinski definition) is 4. The highest BCUT2D eigenvalue weighted by Gasteiger charge is 2.12. The number of carboxylic acid groups (broad SMARTS) is 1. The van der Waals surface area contributed by atoms with E-state index in [4.69, 9.17) is 15.9 Å². The van der Waals surface area contributed by atoms with Crippen molar-refractivity contribution in [1.29, 1.82) is 0 Å². The molecule has 0 spiro atoms. The topological polar surface area (TPSA) is 96.4 Å². The minimum Gasteiger partial charge on any atom is -0.477 e. The molecule has 2 aromatic rings. The number of aryl methyl sites for hydroxylation is 1. The molecule has 0 atom stereocenters. The van der Waals surface area contributed by atoms with Crippen LogP contribution in [0.2, 0.25) is 0 Å². The van der Waals surface area contributed by atoms with E-state index in [-0.39, 0.29) is 12.3 Å². The number of nitrogens with two attached hydrogens (primary N) is 1. The lowest BCUT2D eigenvalue weighted by atomic mass is 10.0. The van der Waals surface area contributed by atoms with Gasteiger partial charge in [-0.05, 0) is 30.5 Å². The van der Waals surface area contributed by atoms with Crippen molar-refractivity contribution in [3.63, 3.8) is 0 Å². The summed E-state index contributed by atoms with van der Waals surface area (Å²) in [6.07, 6.45) is 1.17. The summed E-state index contributed by atoms with van der Waals surface area (Å²) < 4.78 is 0. The maximum absolute atomic E-state index is 11.0. The number of nitrogen functional groups attached to an aromatic ring is 1. The Kier molecular flexibility index (Phi) is 3.43. The fourth-order valence-corrected chi connectivity index (χ4v) is 1.93. The molecule has 18 heavy (non-hydrogen) atoms. The lowest BCUT2D eigenvalue weighted by molar-refractivity contribution is 0.0691. The summed E-state index contributed by atoms with van der Waals surface area (Å²) in [5.41, 5.74) is 7.61. The van der Waals surface area contributed by atoms with Crippen LogP contribution < -0.4 is 5.73 Å². The van der Waals surface area contributed by atoms with Gasteiger partial charge >= 0.3 is 5.97 Å². The van der Waals surface area contributed by atoms with Gasteiger partial charge in [-0.15, -0.1) is 0 Å². The van der Waals surface area contributed by atoms with Gasteiger partial charge in [-0.1, -0.05) is 12.1 Å². The van der Waals surface area contributed by atoms with Crippen LogP contribution >= 0.6 is 0 Å². The first-order valence-electron chi connectivity index (χ1n) is 5.65. The number of aliphatic hydroxyl groups excluding tert-OH is 1. The van der Waals surface area contributed by atoms with Gasteiger partial charge in [0.15, 0.2) is 0 Å². The first kappa shape index (κ1) is 12.3. The lowest BCUT2D eigenvalue weighted by Gasteiger charge is -2.08. The number of benzene rings is 1. The number of aromatic nitrogens is 1. The van der Waals surface area contributed by atoms with Crippen molar-refractivity contribution >= 4 is 22.6 Å². The van der Waals surface area contributed by atoms with Crippen LogP contribution in [0, 0.1) is 0 Å². The van der Waals surface area contributed by atoms with Gasteiger partial charge in [0.1, 0.15) is 5.69 Å². The highest BCUT2D eigenvalue weighted by atomic mass is 16.4. The molecule has 0 bridgehead atoms. The Balaban J connectivity index is 2.65. The first-order chi connectivity index (χ1) is 8.63. The normalized spacial score (nSPS) is 10.7. The molecule has 0 saturated carbocycles. The van der Waals surface area contributed by atoms with Gasteiger partial charge in [-0.25, -0.2) is 9.78 Å². The fourth-order valence-electron chi connectivity index (χ4n) is 1.93. The summed E-state index contributed by atoms with van der Waals surface area (Å²) in [5, 5.41) is 18.7. The predicted octanol–water partition coefficient (Wildman–Crippen LogP) is 1.44. The van der Waals surface area contributed by atoms with Gasteiger partial charge in [0.25, 0.3) is 0 Å². The first-order valence-corrected chi connectivity index (χ1v) is 5.65. The second-order valence-electron chi connectivity index (χ2n) is 4.04.